The van der Waals surface area contributed by atoms with Crippen LogP contribution in [0.3, 0.4) is 0 Å². The lowest BCUT2D eigenvalue weighted by Crippen LogP contribution is -2.14. The third-order valence-electron chi connectivity index (χ3n) is 3.18. The molecule has 0 atom stereocenters. The van der Waals surface area contributed by atoms with Gasteiger partial charge in [-0.15, -0.1) is 0 Å². The molecule has 0 aliphatic rings. The van der Waals surface area contributed by atoms with Crippen LogP contribution < -0.4 is 4.74 Å². The Morgan fingerprint density at radius 1 is 1.22 bits per heavy atom. The zero-order valence-electron chi connectivity index (χ0n) is 14.4. The maximum absolute atomic E-state index is 5.91. The fourth-order valence-electron chi connectivity index (χ4n) is 1.66. The topological polar surface area (TPSA) is 37.2 Å². The first kappa shape index (κ1) is 19.5. The molecule has 126 valence electrons. The molecule has 0 spiro atoms. The van der Waals surface area contributed by atoms with Gasteiger partial charge in [-0.3, -0.25) is 0 Å². The minimum atomic E-state index is 0.224. The van der Waals surface area contributed by atoms with Crippen molar-refractivity contribution in [2.24, 2.45) is 9.98 Å². The van der Waals surface area contributed by atoms with Crippen molar-refractivity contribution in [2.45, 2.75) is 34.6 Å². The van der Waals surface area contributed by atoms with Crippen LogP contribution in [0.15, 0.2) is 32.3 Å². The van der Waals surface area contributed by atoms with Crippen molar-refractivity contribution in [3.63, 3.8) is 0 Å². The molecule has 6 heteroatoms. The summed E-state index contributed by atoms with van der Waals surface area (Å²) in [4.78, 5) is 10.6. The van der Waals surface area contributed by atoms with E-state index < -0.39 is 0 Å². The minimum absolute atomic E-state index is 0.224. The number of aliphatic imine (C=N–C) groups is 2. The van der Waals surface area contributed by atoms with Gasteiger partial charge < -0.3 is 9.64 Å². The number of hydrogen-bond donors (Lipinski definition) is 0. The summed E-state index contributed by atoms with van der Waals surface area (Å²) in [5, 5.41) is 0.648. The predicted molar refractivity (Wildman–Crippen MR) is 101 cm³/mol. The molecule has 23 heavy (non-hydrogen) atoms. The van der Waals surface area contributed by atoms with Crippen LogP contribution >= 0.6 is 23.2 Å². The van der Waals surface area contributed by atoms with E-state index in [-0.39, 0.29) is 5.16 Å². The van der Waals surface area contributed by atoms with Gasteiger partial charge in [-0.25, -0.2) is 9.98 Å². The van der Waals surface area contributed by atoms with Gasteiger partial charge in [-0.2, -0.15) is 0 Å². The molecule has 1 aromatic carbocycles. The third kappa shape index (κ3) is 6.24. The van der Waals surface area contributed by atoms with Crippen LogP contribution in [0.25, 0.3) is 0 Å². The second-order valence-corrected chi connectivity index (χ2v) is 6.20. The maximum Gasteiger partial charge on any atom is 0.193 e. The molecule has 0 radical (unpaired) electrons. The summed E-state index contributed by atoms with van der Waals surface area (Å²) in [5.41, 5.74) is 2.91. The van der Waals surface area contributed by atoms with Gasteiger partial charge in [0, 0.05) is 20.5 Å². The molecule has 0 bridgehead atoms. The molecule has 0 aliphatic heterocycles. The quantitative estimate of drug-likeness (QED) is 0.404. The van der Waals surface area contributed by atoms with E-state index in [1.807, 2.05) is 44.3 Å². The zero-order valence-corrected chi connectivity index (χ0v) is 16.0. The summed E-state index contributed by atoms with van der Waals surface area (Å²) in [7, 11) is 1.99. The van der Waals surface area contributed by atoms with Crippen LogP contribution in [0, 0.1) is 13.8 Å². The number of halogens is 2. The Labute approximate surface area is 148 Å². The number of rotatable bonds is 5. The molecule has 4 nitrogen and oxygen atoms in total. The van der Waals surface area contributed by atoms with E-state index in [0.717, 1.165) is 29.1 Å². The van der Waals surface area contributed by atoms with Crippen molar-refractivity contribution >= 4 is 41.1 Å². The zero-order chi connectivity index (χ0) is 17.6. The van der Waals surface area contributed by atoms with Crippen LogP contribution in [0.5, 0.6) is 5.75 Å². The number of allylic oxidation sites excluding steroid dienone is 1. The van der Waals surface area contributed by atoms with Crippen molar-refractivity contribution in [3.05, 3.63) is 33.4 Å². The van der Waals surface area contributed by atoms with Crippen LogP contribution in [-0.2, 0) is 0 Å². The molecule has 0 saturated carbocycles. The Kier molecular flexibility index (Phi) is 7.59. The first-order chi connectivity index (χ1) is 10.7. The highest BCUT2D eigenvalue weighted by atomic mass is 35.5. The Balaban J connectivity index is 3.02. The Hall–Kier alpha value is -1.52. The molecule has 1 rings (SSSR count). The molecule has 0 aromatic heterocycles. The molecular formula is C17H23Cl2N3O. The minimum Gasteiger partial charge on any atom is -0.443 e. The second kappa shape index (κ2) is 8.94. The normalized spacial score (nSPS) is 13.3. The summed E-state index contributed by atoms with van der Waals surface area (Å²) in [6.07, 6.45) is 1.82. The summed E-state index contributed by atoms with van der Waals surface area (Å²) in [6, 6.07) is 3.93. The largest absolute Gasteiger partial charge is 0.443 e. The van der Waals surface area contributed by atoms with E-state index in [1.165, 1.54) is 0 Å². The first-order valence-electron chi connectivity index (χ1n) is 7.35. The van der Waals surface area contributed by atoms with Gasteiger partial charge in [0.25, 0.3) is 0 Å². The highest BCUT2D eigenvalue weighted by Gasteiger charge is 2.07. The molecule has 0 fully saturated rings. The van der Waals surface area contributed by atoms with E-state index >= 15 is 0 Å². The molecule has 0 amide bonds. The van der Waals surface area contributed by atoms with Gasteiger partial charge in [0.2, 0.25) is 0 Å². The lowest BCUT2D eigenvalue weighted by molar-refractivity contribution is 0.541. The number of nitrogens with zero attached hydrogens (tertiary/aromatic N) is 3. The number of ether oxygens (including phenoxy) is 1. The Morgan fingerprint density at radius 3 is 2.43 bits per heavy atom. The highest BCUT2D eigenvalue weighted by Crippen LogP contribution is 2.28. The summed E-state index contributed by atoms with van der Waals surface area (Å²) in [6.45, 7) is 10.4. The average Bonchev–Trinajstić information content (AvgIpc) is 2.48. The van der Waals surface area contributed by atoms with Crippen molar-refractivity contribution in [1.29, 1.82) is 0 Å². The molecule has 0 heterocycles. The fourth-order valence-corrected chi connectivity index (χ4v) is 1.82. The molecule has 0 N–H and O–H groups in total. The number of hydrogen-bond acceptors (Lipinski definition) is 3. The van der Waals surface area contributed by atoms with Gasteiger partial charge in [0.05, 0.1) is 17.1 Å². The van der Waals surface area contributed by atoms with Crippen LogP contribution in [0.4, 0.5) is 5.69 Å². The SMILES string of the molecule is CCN(C)C=Nc1cc(C)c(O/C(C)=N/C(Cl)=C(\C)Cl)cc1C. The Bertz CT molecular complexity index is 647. The van der Waals surface area contributed by atoms with Gasteiger partial charge in [-0.1, -0.05) is 23.2 Å². The van der Waals surface area contributed by atoms with Crippen molar-refractivity contribution < 1.29 is 4.74 Å². The van der Waals surface area contributed by atoms with Gasteiger partial charge in [0.1, 0.15) is 10.9 Å². The van der Waals surface area contributed by atoms with E-state index in [4.69, 9.17) is 27.9 Å². The van der Waals surface area contributed by atoms with E-state index in [1.54, 1.807) is 13.8 Å². The third-order valence-corrected chi connectivity index (χ3v) is 3.83. The van der Waals surface area contributed by atoms with E-state index in [2.05, 4.69) is 16.9 Å². The standard InChI is InChI=1S/C17H23Cl2N3O/c1-7-22(6)10-20-15-8-12(3)16(9-11(15)2)23-14(5)21-17(19)13(4)18/h8-10H,7H2,1-6H3/b17-13+,20-10?,21-14+. The van der Waals surface area contributed by atoms with Gasteiger partial charge >= 0.3 is 0 Å². The van der Waals surface area contributed by atoms with Gasteiger partial charge in [0.15, 0.2) is 5.90 Å². The lowest BCUT2D eigenvalue weighted by Gasteiger charge is -2.12. The average molecular weight is 356 g/mol. The van der Waals surface area contributed by atoms with Gasteiger partial charge in [-0.05, 0) is 51.0 Å². The maximum atomic E-state index is 5.91. The number of aryl methyl sites for hydroxylation is 2. The summed E-state index contributed by atoms with van der Waals surface area (Å²) < 4.78 is 5.76. The van der Waals surface area contributed by atoms with Crippen LogP contribution in [0.1, 0.15) is 31.9 Å². The monoisotopic (exact) mass is 355 g/mol. The predicted octanol–water partition coefficient (Wildman–Crippen LogP) is 5.38. The smallest absolute Gasteiger partial charge is 0.193 e. The van der Waals surface area contributed by atoms with E-state index in [0.29, 0.717) is 10.9 Å². The summed E-state index contributed by atoms with van der Waals surface area (Å²) >= 11 is 11.7. The first-order valence-corrected chi connectivity index (χ1v) is 8.10. The number of benzene rings is 1. The van der Waals surface area contributed by atoms with Crippen molar-refractivity contribution in [1.82, 2.24) is 4.90 Å². The van der Waals surface area contributed by atoms with Crippen molar-refractivity contribution in [2.75, 3.05) is 13.6 Å². The van der Waals surface area contributed by atoms with Crippen LogP contribution in [0.2, 0.25) is 0 Å². The summed E-state index contributed by atoms with van der Waals surface area (Å²) in [5.74, 6) is 1.16. The fraction of sp³-hybridized carbons (Fsp3) is 0.412. The molecule has 0 aliphatic carbocycles. The molecule has 0 unspecified atom stereocenters. The lowest BCUT2D eigenvalue weighted by atomic mass is 10.1. The van der Waals surface area contributed by atoms with E-state index in [9.17, 15) is 0 Å². The second-order valence-electron chi connectivity index (χ2n) is 5.28. The molecule has 1 aromatic rings. The Morgan fingerprint density at radius 2 is 1.87 bits per heavy atom. The highest BCUT2D eigenvalue weighted by molar-refractivity contribution is 6.39. The van der Waals surface area contributed by atoms with Crippen LogP contribution in [-0.4, -0.2) is 30.7 Å². The molecular weight excluding hydrogens is 333 g/mol. The van der Waals surface area contributed by atoms with Crippen molar-refractivity contribution in [3.8, 4) is 5.75 Å². The molecule has 0 saturated heterocycles.